The van der Waals surface area contributed by atoms with Crippen LogP contribution >= 0.6 is 0 Å². The van der Waals surface area contributed by atoms with Crippen LogP contribution in [0.3, 0.4) is 0 Å². The van der Waals surface area contributed by atoms with E-state index in [0.29, 0.717) is 30.2 Å². The summed E-state index contributed by atoms with van der Waals surface area (Å²) in [4.78, 5) is 24.9. The minimum atomic E-state index is -4.78. The molecule has 0 bridgehead atoms. The molecule has 3 heterocycles. The van der Waals surface area contributed by atoms with Crippen molar-refractivity contribution in [1.29, 1.82) is 0 Å². The normalized spacial score (nSPS) is 15.2. The molecule has 0 unspecified atom stereocenters. The molecule has 32 heavy (non-hydrogen) atoms. The summed E-state index contributed by atoms with van der Waals surface area (Å²) in [5.74, 6) is -0.301. The molecular weight excluding hydrogens is 433 g/mol. The quantitative estimate of drug-likeness (QED) is 0.590. The zero-order chi connectivity index (χ0) is 22.9. The minimum absolute atomic E-state index is 0.0346. The molecule has 1 aromatic carbocycles. The summed E-state index contributed by atoms with van der Waals surface area (Å²) >= 11 is 0. The second-order valence-electron chi connectivity index (χ2n) is 7.21. The zero-order valence-corrected chi connectivity index (χ0v) is 16.8. The number of benzene rings is 1. The first-order valence-corrected chi connectivity index (χ1v) is 9.66. The van der Waals surface area contributed by atoms with Gasteiger partial charge in [-0.25, -0.2) is 9.48 Å². The summed E-state index contributed by atoms with van der Waals surface area (Å²) in [5.41, 5.74) is 0.404. The van der Waals surface area contributed by atoms with Crippen LogP contribution in [0.15, 0.2) is 47.4 Å². The molecule has 1 N–H and O–H groups in total. The van der Waals surface area contributed by atoms with Crippen LogP contribution in [0.4, 0.5) is 13.2 Å². The van der Waals surface area contributed by atoms with Crippen molar-refractivity contribution in [3.63, 3.8) is 0 Å². The van der Waals surface area contributed by atoms with Crippen molar-refractivity contribution < 1.29 is 32.2 Å². The van der Waals surface area contributed by atoms with Gasteiger partial charge in [-0.3, -0.25) is 9.20 Å². The number of nitrogens with zero attached hydrogens (tertiary/aromatic N) is 3. The number of pyridine rings is 1. The SMILES string of the molecule is C[C@H](NC(=O)Cn1nc2cc(OC3COC3)ccn2c1=O)c1ccc(OC(F)(F)F)cc1. The highest BCUT2D eigenvalue weighted by Crippen LogP contribution is 2.24. The maximum atomic E-state index is 12.5. The monoisotopic (exact) mass is 452 g/mol. The van der Waals surface area contributed by atoms with Crippen LogP contribution < -0.4 is 20.5 Å². The highest BCUT2D eigenvalue weighted by Gasteiger charge is 2.31. The Morgan fingerprint density at radius 1 is 1.25 bits per heavy atom. The van der Waals surface area contributed by atoms with E-state index in [1.807, 2.05) is 0 Å². The van der Waals surface area contributed by atoms with Crippen LogP contribution in [-0.4, -0.2) is 45.8 Å². The average molecular weight is 452 g/mol. The van der Waals surface area contributed by atoms with Crippen LogP contribution in [0.25, 0.3) is 5.65 Å². The number of fused-ring (bicyclic) bond motifs is 1. The number of amides is 1. The minimum Gasteiger partial charge on any atom is -0.485 e. The number of aromatic nitrogens is 3. The molecule has 1 amide bonds. The number of carbonyl (C=O) groups excluding carboxylic acids is 1. The van der Waals surface area contributed by atoms with Gasteiger partial charge >= 0.3 is 12.1 Å². The van der Waals surface area contributed by atoms with Crippen LogP contribution in [0, 0.1) is 0 Å². The third-order valence-corrected chi connectivity index (χ3v) is 4.75. The Hall–Kier alpha value is -3.54. The largest absolute Gasteiger partial charge is 0.573 e. The maximum Gasteiger partial charge on any atom is 0.573 e. The third kappa shape index (κ3) is 5.02. The molecule has 0 saturated carbocycles. The maximum absolute atomic E-state index is 12.5. The van der Waals surface area contributed by atoms with E-state index < -0.39 is 24.0 Å². The van der Waals surface area contributed by atoms with Crippen molar-refractivity contribution in [1.82, 2.24) is 19.5 Å². The molecule has 1 aliphatic heterocycles. The molecule has 1 aliphatic rings. The lowest BCUT2D eigenvalue weighted by atomic mass is 10.1. The number of alkyl halides is 3. The Morgan fingerprint density at radius 2 is 1.97 bits per heavy atom. The van der Waals surface area contributed by atoms with Crippen molar-refractivity contribution in [3.05, 3.63) is 58.6 Å². The molecule has 0 aliphatic carbocycles. The molecule has 12 heteroatoms. The molecule has 3 aromatic rings. The van der Waals surface area contributed by atoms with Crippen molar-refractivity contribution in [2.45, 2.75) is 32.0 Å². The van der Waals surface area contributed by atoms with Crippen molar-refractivity contribution in [3.8, 4) is 11.5 Å². The first-order valence-electron chi connectivity index (χ1n) is 9.66. The Morgan fingerprint density at radius 3 is 2.59 bits per heavy atom. The highest BCUT2D eigenvalue weighted by molar-refractivity contribution is 5.76. The number of hydrogen-bond acceptors (Lipinski definition) is 6. The lowest BCUT2D eigenvalue weighted by molar-refractivity contribution is -0.274. The van der Waals surface area contributed by atoms with Crippen LogP contribution in [-0.2, 0) is 16.1 Å². The van der Waals surface area contributed by atoms with E-state index in [1.165, 1.54) is 22.7 Å². The second kappa shape index (κ2) is 8.54. The first-order chi connectivity index (χ1) is 15.2. The van der Waals surface area contributed by atoms with Crippen molar-refractivity contribution in [2.75, 3.05) is 13.2 Å². The highest BCUT2D eigenvalue weighted by atomic mass is 19.4. The number of nitrogens with one attached hydrogen (secondary N) is 1. The van der Waals surface area contributed by atoms with Crippen LogP contribution in [0.5, 0.6) is 11.5 Å². The van der Waals surface area contributed by atoms with Crippen molar-refractivity contribution >= 4 is 11.6 Å². The van der Waals surface area contributed by atoms with E-state index in [0.717, 1.165) is 16.8 Å². The summed E-state index contributed by atoms with van der Waals surface area (Å²) in [6.07, 6.45) is -3.30. The fourth-order valence-corrected chi connectivity index (χ4v) is 3.11. The van der Waals surface area contributed by atoms with Gasteiger partial charge < -0.3 is 19.5 Å². The average Bonchev–Trinajstić information content (AvgIpc) is 2.98. The Labute approximate surface area is 179 Å². The fraction of sp³-hybridized carbons (Fsp3) is 0.350. The molecule has 1 fully saturated rings. The second-order valence-corrected chi connectivity index (χ2v) is 7.21. The first kappa shape index (κ1) is 21.7. The summed E-state index contributed by atoms with van der Waals surface area (Å²) in [6, 6.07) is 7.87. The molecule has 0 radical (unpaired) electrons. The van der Waals surface area contributed by atoms with Gasteiger partial charge in [-0.05, 0) is 30.7 Å². The van der Waals surface area contributed by atoms with Crippen LogP contribution in [0.1, 0.15) is 18.5 Å². The number of halogens is 3. The van der Waals surface area contributed by atoms with E-state index in [4.69, 9.17) is 9.47 Å². The molecule has 1 atom stereocenters. The van der Waals surface area contributed by atoms with E-state index in [-0.39, 0.29) is 18.4 Å². The predicted molar refractivity (Wildman–Crippen MR) is 104 cm³/mol. The Kier molecular flexibility index (Phi) is 5.78. The van der Waals surface area contributed by atoms with Gasteiger partial charge in [0.2, 0.25) is 5.91 Å². The molecule has 2 aromatic heterocycles. The Bertz CT molecular complexity index is 1170. The molecule has 4 rings (SSSR count). The molecule has 1 saturated heterocycles. The van der Waals surface area contributed by atoms with Gasteiger partial charge in [0.05, 0.1) is 19.3 Å². The lowest BCUT2D eigenvalue weighted by Crippen LogP contribution is -2.38. The zero-order valence-electron chi connectivity index (χ0n) is 16.8. The number of ether oxygens (including phenoxy) is 3. The lowest BCUT2D eigenvalue weighted by Gasteiger charge is -2.26. The van der Waals surface area contributed by atoms with Gasteiger partial charge in [0, 0.05) is 12.3 Å². The molecule has 0 spiro atoms. The van der Waals surface area contributed by atoms with E-state index >= 15 is 0 Å². The summed E-state index contributed by atoms with van der Waals surface area (Å²) in [5, 5.41) is 6.85. The molecule has 9 nitrogen and oxygen atoms in total. The molecule has 170 valence electrons. The van der Waals surface area contributed by atoms with E-state index in [1.54, 1.807) is 19.1 Å². The van der Waals surface area contributed by atoms with Crippen LogP contribution in [0.2, 0.25) is 0 Å². The van der Waals surface area contributed by atoms with E-state index in [9.17, 15) is 22.8 Å². The van der Waals surface area contributed by atoms with Crippen molar-refractivity contribution in [2.24, 2.45) is 0 Å². The van der Waals surface area contributed by atoms with Gasteiger partial charge in [0.15, 0.2) is 5.65 Å². The van der Waals surface area contributed by atoms with Gasteiger partial charge in [0.25, 0.3) is 0 Å². The number of rotatable bonds is 7. The topological polar surface area (TPSA) is 96.1 Å². The Balaban J connectivity index is 1.39. The number of carbonyl (C=O) groups is 1. The standard InChI is InChI=1S/C20H19F3N4O5/c1-12(13-2-4-14(5-3-13)32-20(21,22)23)24-18(28)9-27-19(29)26-7-6-15(8-17(26)25-27)31-16-10-30-11-16/h2-8,12,16H,9-11H2,1H3,(H,24,28)/t12-/m0/s1. The fourth-order valence-electron chi connectivity index (χ4n) is 3.11. The van der Waals surface area contributed by atoms with Gasteiger partial charge in [-0.2, -0.15) is 0 Å². The van der Waals surface area contributed by atoms with Gasteiger partial charge in [-0.15, -0.1) is 18.3 Å². The summed E-state index contributed by atoms with van der Waals surface area (Å²) in [7, 11) is 0. The smallest absolute Gasteiger partial charge is 0.485 e. The summed E-state index contributed by atoms with van der Waals surface area (Å²) < 4.78 is 53.7. The summed E-state index contributed by atoms with van der Waals surface area (Å²) in [6.45, 7) is 2.34. The molecular formula is C20H19F3N4O5. The van der Waals surface area contributed by atoms with Gasteiger partial charge in [-0.1, -0.05) is 12.1 Å². The third-order valence-electron chi connectivity index (χ3n) is 4.75. The van der Waals surface area contributed by atoms with E-state index in [2.05, 4.69) is 15.2 Å². The van der Waals surface area contributed by atoms with Gasteiger partial charge in [0.1, 0.15) is 24.1 Å². The predicted octanol–water partition coefficient (Wildman–Crippen LogP) is 2.05. The number of hydrogen-bond donors (Lipinski definition) is 1.